The fourth-order valence-electron chi connectivity index (χ4n) is 2.16. The zero-order valence-corrected chi connectivity index (χ0v) is 14.3. The zero-order valence-electron chi connectivity index (χ0n) is 13.5. The summed E-state index contributed by atoms with van der Waals surface area (Å²) in [4.78, 5) is 22.8. The molecule has 1 amide bonds. The van der Waals surface area contributed by atoms with Crippen LogP contribution in [-0.4, -0.2) is 21.5 Å². The maximum Gasteiger partial charge on any atom is 0.248 e. The Morgan fingerprint density at radius 2 is 2.08 bits per heavy atom. The lowest BCUT2D eigenvalue weighted by Crippen LogP contribution is -2.07. The quantitative estimate of drug-likeness (QED) is 0.582. The number of Topliss-reactive ketones (excluding diaryl/α,β-unsaturated/α-hetero) is 1. The average Bonchev–Trinajstić information content (AvgIpc) is 2.98. The van der Waals surface area contributed by atoms with Gasteiger partial charge in [-0.25, -0.2) is 0 Å². The van der Waals surface area contributed by atoms with E-state index in [1.807, 2.05) is 18.2 Å². The second-order valence-corrected chi connectivity index (χ2v) is 5.90. The minimum atomic E-state index is -0.244. The van der Waals surface area contributed by atoms with Crippen molar-refractivity contribution < 1.29 is 9.59 Å². The van der Waals surface area contributed by atoms with Crippen molar-refractivity contribution in [3.05, 3.63) is 53.3 Å². The van der Waals surface area contributed by atoms with Crippen molar-refractivity contribution >= 4 is 35.1 Å². The SMILES string of the molecule is CC(=O)CCCCn1cc(NC(=O)/C=C/c2ccccc2Cl)cn1. The topological polar surface area (TPSA) is 64.0 Å². The number of nitrogens with one attached hydrogen (secondary N) is 1. The van der Waals surface area contributed by atoms with E-state index in [9.17, 15) is 9.59 Å². The molecule has 0 saturated carbocycles. The minimum Gasteiger partial charge on any atom is -0.320 e. The number of hydrogen-bond acceptors (Lipinski definition) is 3. The van der Waals surface area contributed by atoms with Gasteiger partial charge in [0.25, 0.3) is 0 Å². The number of anilines is 1. The molecule has 126 valence electrons. The lowest BCUT2D eigenvalue weighted by molar-refractivity contribution is -0.117. The maximum absolute atomic E-state index is 11.9. The van der Waals surface area contributed by atoms with Crippen molar-refractivity contribution in [1.29, 1.82) is 0 Å². The van der Waals surface area contributed by atoms with Gasteiger partial charge in [-0.05, 0) is 37.5 Å². The lowest BCUT2D eigenvalue weighted by atomic mass is 10.2. The van der Waals surface area contributed by atoms with Crippen LogP contribution in [0.2, 0.25) is 5.02 Å². The summed E-state index contributed by atoms with van der Waals surface area (Å²) in [7, 11) is 0. The number of nitrogens with zero attached hydrogens (tertiary/aromatic N) is 2. The van der Waals surface area contributed by atoms with Crippen LogP contribution >= 0.6 is 11.6 Å². The van der Waals surface area contributed by atoms with Crippen LogP contribution in [0.25, 0.3) is 6.08 Å². The average molecular weight is 346 g/mol. The summed E-state index contributed by atoms with van der Waals surface area (Å²) in [6.45, 7) is 2.32. The van der Waals surface area contributed by atoms with Crippen LogP contribution in [0.1, 0.15) is 31.7 Å². The van der Waals surface area contributed by atoms with Gasteiger partial charge in [-0.3, -0.25) is 9.48 Å². The molecular formula is C18H20ClN3O2. The molecule has 0 fully saturated rings. The molecule has 0 saturated heterocycles. The smallest absolute Gasteiger partial charge is 0.248 e. The van der Waals surface area contributed by atoms with Crippen LogP contribution in [0.3, 0.4) is 0 Å². The zero-order chi connectivity index (χ0) is 17.4. The van der Waals surface area contributed by atoms with Crippen LogP contribution in [0.5, 0.6) is 0 Å². The molecule has 1 heterocycles. The first-order valence-electron chi connectivity index (χ1n) is 7.80. The van der Waals surface area contributed by atoms with Gasteiger partial charge < -0.3 is 10.1 Å². The molecule has 0 radical (unpaired) electrons. The standard InChI is InChI=1S/C18H20ClN3O2/c1-14(23)6-4-5-11-22-13-16(12-20-22)21-18(24)10-9-15-7-2-3-8-17(15)19/h2-3,7-10,12-13H,4-6,11H2,1H3,(H,21,24)/b10-9+. The van der Waals surface area contributed by atoms with Gasteiger partial charge in [0.05, 0.1) is 11.9 Å². The van der Waals surface area contributed by atoms with Crippen LogP contribution in [0.4, 0.5) is 5.69 Å². The van der Waals surface area contributed by atoms with E-state index in [1.54, 1.807) is 36.1 Å². The van der Waals surface area contributed by atoms with Crippen molar-refractivity contribution in [3.63, 3.8) is 0 Å². The number of aromatic nitrogens is 2. The highest BCUT2D eigenvalue weighted by atomic mass is 35.5. The molecule has 24 heavy (non-hydrogen) atoms. The largest absolute Gasteiger partial charge is 0.320 e. The Labute approximate surface area is 146 Å². The van der Waals surface area contributed by atoms with E-state index in [0.717, 1.165) is 24.9 Å². The minimum absolute atomic E-state index is 0.203. The molecule has 0 atom stereocenters. The van der Waals surface area contributed by atoms with Crippen molar-refractivity contribution in [3.8, 4) is 0 Å². The number of benzene rings is 1. The molecule has 0 bridgehead atoms. The first-order chi connectivity index (χ1) is 11.5. The molecule has 0 spiro atoms. The summed E-state index contributed by atoms with van der Waals surface area (Å²) in [5.41, 5.74) is 1.42. The van der Waals surface area contributed by atoms with Gasteiger partial charge in [0.2, 0.25) is 5.91 Å². The van der Waals surface area contributed by atoms with E-state index in [0.29, 0.717) is 17.1 Å². The number of carbonyl (C=O) groups is 2. The third-order valence-corrected chi connectivity index (χ3v) is 3.73. The normalized spacial score (nSPS) is 10.9. The predicted molar refractivity (Wildman–Crippen MR) is 95.9 cm³/mol. The summed E-state index contributed by atoms with van der Waals surface area (Å²) >= 11 is 6.03. The molecule has 6 heteroatoms. The van der Waals surface area contributed by atoms with Crippen molar-refractivity contribution in [2.24, 2.45) is 0 Å². The molecule has 1 aromatic heterocycles. The van der Waals surface area contributed by atoms with E-state index in [1.165, 1.54) is 6.08 Å². The number of carbonyl (C=O) groups excluding carboxylic acids is 2. The van der Waals surface area contributed by atoms with Gasteiger partial charge >= 0.3 is 0 Å². The summed E-state index contributed by atoms with van der Waals surface area (Å²) in [6.07, 6.45) is 8.80. The summed E-state index contributed by atoms with van der Waals surface area (Å²) in [6, 6.07) is 7.31. The Morgan fingerprint density at radius 1 is 1.29 bits per heavy atom. The predicted octanol–water partition coefficient (Wildman–Crippen LogP) is 3.95. The van der Waals surface area contributed by atoms with Gasteiger partial charge in [-0.15, -0.1) is 0 Å². The van der Waals surface area contributed by atoms with Crippen molar-refractivity contribution in [2.45, 2.75) is 32.7 Å². The van der Waals surface area contributed by atoms with Crippen molar-refractivity contribution in [2.75, 3.05) is 5.32 Å². The van der Waals surface area contributed by atoms with E-state index in [2.05, 4.69) is 10.4 Å². The monoisotopic (exact) mass is 345 g/mol. The molecule has 0 unspecified atom stereocenters. The Balaban J connectivity index is 1.82. The van der Waals surface area contributed by atoms with Gasteiger partial charge in [-0.1, -0.05) is 29.8 Å². The molecule has 2 aromatic rings. The second-order valence-electron chi connectivity index (χ2n) is 5.50. The van der Waals surface area contributed by atoms with Gasteiger partial charge in [-0.2, -0.15) is 5.10 Å². The maximum atomic E-state index is 11.9. The van der Waals surface area contributed by atoms with Gasteiger partial charge in [0, 0.05) is 30.3 Å². The number of aryl methyl sites for hydroxylation is 1. The fourth-order valence-corrected chi connectivity index (χ4v) is 2.36. The van der Waals surface area contributed by atoms with Gasteiger partial charge in [0.1, 0.15) is 5.78 Å². The van der Waals surface area contributed by atoms with Gasteiger partial charge in [0.15, 0.2) is 0 Å². The second kappa shape index (κ2) is 9.03. The van der Waals surface area contributed by atoms with Crippen LogP contribution in [-0.2, 0) is 16.1 Å². The van der Waals surface area contributed by atoms with Crippen LogP contribution in [0.15, 0.2) is 42.7 Å². The third-order valence-electron chi connectivity index (χ3n) is 3.39. The molecule has 0 aliphatic rings. The van der Waals surface area contributed by atoms with Crippen LogP contribution < -0.4 is 5.32 Å². The molecule has 2 rings (SSSR count). The highest BCUT2D eigenvalue weighted by Crippen LogP contribution is 2.16. The Hall–Kier alpha value is -2.40. The highest BCUT2D eigenvalue weighted by Gasteiger charge is 2.03. The summed E-state index contributed by atoms with van der Waals surface area (Å²) in [5.74, 6) is -0.0419. The number of unbranched alkanes of at least 4 members (excludes halogenated alkanes) is 1. The van der Waals surface area contributed by atoms with Crippen molar-refractivity contribution in [1.82, 2.24) is 9.78 Å². The molecule has 0 aliphatic heterocycles. The summed E-state index contributed by atoms with van der Waals surface area (Å²) < 4.78 is 1.76. The van der Waals surface area contributed by atoms with Crippen LogP contribution in [0, 0.1) is 0 Å². The number of hydrogen-bond donors (Lipinski definition) is 1. The first-order valence-corrected chi connectivity index (χ1v) is 8.18. The number of rotatable bonds is 8. The highest BCUT2D eigenvalue weighted by molar-refractivity contribution is 6.32. The Bertz CT molecular complexity index is 737. The third kappa shape index (κ3) is 6.01. The first kappa shape index (κ1) is 17.9. The number of amides is 1. The van der Waals surface area contributed by atoms with E-state index >= 15 is 0 Å². The summed E-state index contributed by atoms with van der Waals surface area (Å²) in [5, 5.41) is 7.54. The Kier molecular flexibility index (Phi) is 6.75. The lowest BCUT2D eigenvalue weighted by Gasteiger charge is -2.00. The molecule has 5 nitrogen and oxygen atoms in total. The molecule has 1 aromatic carbocycles. The fraction of sp³-hybridized carbons (Fsp3) is 0.278. The molecule has 0 aliphatic carbocycles. The van der Waals surface area contributed by atoms with E-state index in [4.69, 9.17) is 11.6 Å². The van der Waals surface area contributed by atoms with E-state index < -0.39 is 0 Å². The number of halogens is 1. The number of ketones is 1. The molecular weight excluding hydrogens is 326 g/mol. The molecule has 1 N–H and O–H groups in total. The Morgan fingerprint density at radius 3 is 2.83 bits per heavy atom. The van der Waals surface area contributed by atoms with E-state index in [-0.39, 0.29) is 11.7 Å².